The van der Waals surface area contributed by atoms with Gasteiger partial charge >= 0.3 is 12.0 Å². The second kappa shape index (κ2) is 7.15. The van der Waals surface area contributed by atoms with Crippen LogP contribution in [0.3, 0.4) is 0 Å². The van der Waals surface area contributed by atoms with Gasteiger partial charge in [-0.25, -0.2) is 4.79 Å². The van der Waals surface area contributed by atoms with Crippen LogP contribution < -0.4 is 10.1 Å². The lowest BCUT2D eigenvalue weighted by Crippen LogP contribution is -2.44. The van der Waals surface area contributed by atoms with E-state index in [0.717, 1.165) is 0 Å². The third kappa shape index (κ3) is 4.13. The highest BCUT2D eigenvalue weighted by atomic mass is 16.5. The van der Waals surface area contributed by atoms with Crippen LogP contribution in [0.1, 0.15) is 26.7 Å². The number of ether oxygens (including phenoxy) is 1. The van der Waals surface area contributed by atoms with Crippen LogP contribution in [0.4, 0.5) is 10.5 Å². The molecule has 1 atom stereocenters. The van der Waals surface area contributed by atoms with E-state index in [1.807, 2.05) is 26.0 Å². The van der Waals surface area contributed by atoms with E-state index in [1.54, 1.807) is 17.0 Å². The Morgan fingerprint density at radius 2 is 2.09 bits per heavy atom. The number of rotatable bonds is 4. The fourth-order valence-corrected chi connectivity index (χ4v) is 2.48. The molecule has 1 saturated heterocycles. The second-order valence-electron chi connectivity index (χ2n) is 5.72. The van der Waals surface area contributed by atoms with Crippen LogP contribution in [0.15, 0.2) is 24.3 Å². The van der Waals surface area contributed by atoms with E-state index in [4.69, 9.17) is 9.84 Å². The number of carbonyl (C=O) groups is 2. The summed E-state index contributed by atoms with van der Waals surface area (Å²) in [5.74, 6) is -0.722. The molecular formula is C16H22N2O4. The maximum absolute atomic E-state index is 12.3. The Bertz CT molecular complexity index is 545. The van der Waals surface area contributed by atoms with Gasteiger partial charge in [0.25, 0.3) is 0 Å². The van der Waals surface area contributed by atoms with Crippen LogP contribution in [0.2, 0.25) is 0 Å². The molecule has 22 heavy (non-hydrogen) atoms. The van der Waals surface area contributed by atoms with Crippen LogP contribution >= 0.6 is 0 Å². The molecule has 0 saturated carbocycles. The average Bonchev–Trinajstić information content (AvgIpc) is 2.49. The molecule has 1 aliphatic heterocycles. The van der Waals surface area contributed by atoms with Gasteiger partial charge in [-0.2, -0.15) is 0 Å². The smallest absolute Gasteiger partial charge is 0.321 e. The van der Waals surface area contributed by atoms with Gasteiger partial charge in [0.1, 0.15) is 5.75 Å². The predicted octanol–water partition coefficient (Wildman–Crippen LogP) is 2.80. The number of likely N-dealkylation sites (tertiary alicyclic amines) is 1. The van der Waals surface area contributed by atoms with Crippen LogP contribution in [0, 0.1) is 5.92 Å². The molecule has 0 aromatic heterocycles. The second-order valence-corrected chi connectivity index (χ2v) is 5.72. The Hall–Kier alpha value is -2.24. The van der Waals surface area contributed by atoms with Crippen molar-refractivity contribution in [2.45, 2.75) is 32.8 Å². The van der Waals surface area contributed by atoms with Gasteiger partial charge in [-0.3, -0.25) is 4.79 Å². The minimum atomic E-state index is -0.846. The van der Waals surface area contributed by atoms with Crippen molar-refractivity contribution in [1.82, 2.24) is 4.90 Å². The molecule has 0 aliphatic carbocycles. The monoisotopic (exact) mass is 306 g/mol. The summed E-state index contributed by atoms with van der Waals surface area (Å²) in [6.45, 7) is 4.65. The minimum Gasteiger partial charge on any atom is -0.489 e. The summed E-state index contributed by atoms with van der Waals surface area (Å²) in [6.07, 6.45) is 1.32. The van der Waals surface area contributed by atoms with E-state index in [0.29, 0.717) is 30.8 Å². The number of para-hydroxylation sites is 2. The first-order valence-corrected chi connectivity index (χ1v) is 7.51. The van der Waals surface area contributed by atoms with Crippen molar-refractivity contribution in [2.75, 3.05) is 18.4 Å². The fourth-order valence-electron chi connectivity index (χ4n) is 2.48. The molecule has 1 aromatic carbocycles. The van der Waals surface area contributed by atoms with Gasteiger partial charge in [-0.1, -0.05) is 12.1 Å². The topological polar surface area (TPSA) is 78.9 Å². The third-order valence-corrected chi connectivity index (χ3v) is 3.55. The van der Waals surface area contributed by atoms with Gasteiger partial charge in [-0.05, 0) is 38.8 Å². The van der Waals surface area contributed by atoms with E-state index in [1.165, 1.54) is 0 Å². The van der Waals surface area contributed by atoms with E-state index in [-0.39, 0.29) is 18.7 Å². The molecule has 2 rings (SSSR count). The van der Waals surface area contributed by atoms with Crippen molar-refractivity contribution in [3.8, 4) is 5.75 Å². The predicted molar refractivity (Wildman–Crippen MR) is 83.2 cm³/mol. The number of carboxylic acid groups (broad SMARTS) is 1. The maximum Gasteiger partial charge on any atom is 0.321 e. The zero-order valence-corrected chi connectivity index (χ0v) is 12.9. The summed E-state index contributed by atoms with van der Waals surface area (Å²) < 4.78 is 5.67. The lowest BCUT2D eigenvalue weighted by Gasteiger charge is -2.31. The number of hydrogen-bond acceptors (Lipinski definition) is 3. The van der Waals surface area contributed by atoms with Gasteiger partial charge in [0.15, 0.2) is 0 Å². The first-order valence-electron chi connectivity index (χ1n) is 7.51. The molecule has 2 N–H and O–H groups in total. The number of carboxylic acids is 1. The molecule has 1 unspecified atom stereocenters. The van der Waals surface area contributed by atoms with Gasteiger partial charge in [0, 0.05) is 13.1 Å². The molecule has 1 fully saturated rings. The third-order valence-electron chi connectivity index (χ3n) is 3.55. The van der Waals surface area contributed by atoms with Crippen molar-refractivity contribution in [1.29, 1.82) is 0 Å². The van der Waals surface area contributed by atoms with Crippen LogP contribution in [-0.2, 0) is 4.79 Å². The molecule has 6 heteroatoms. The van der Waals surface area contributed by atoms with Gasteiger partial charge in [0.2, 0.25) is 0 Å². The van der Waals surface area contributed by atoms with Crippen LogP contribution in [0.25, 0.3) is 0 Å². The van der Waals surface area contributed by atoms with E-state index >= 15 is 0 Å². The standard InChI is InChI=1S/C16H22N2O4/c1-11(2)22-14-8-4-3-7-13(14)17-16(21)18-9-5-6-12(10-18)15(19)20/h3-4,7-8,11-12H,5-6,9-10H2,1-2H3,(H,17,21)(H,19,20). The number of carbonyl (C=O) groups excluding carboxylic acids is 1. The van der Waals surface area contributed by atoms with E-state index in [9.17, 15) is 9.59 Å². The number of benzene rings is 1. The Morgan fingerprint density at radius 1 is 1.36 bits per heavy atom. The SMILES string of the molecule is CC(C)Oc1ccccc1NC(=O)N1CCCC(C(=O)O)C1. The summed E-state index contributed by atoms with van der Waals surface area (Å²) in [5, 5.41) is 11.9. The molecule has 0 spiro atoms. The number of nitrogens with one attached hydrogen (secondary N) is 1. The number of aliphatic carboxylic acids is 1. The first kappa shape index (κ1) is 16.1. The van der Waals surface area contributed by atoms with Crippen LogP contribution in [0.5, 0.6) is 5.75 Å². The zero-order valence-electron chi connectivity index (χ0n) is 12.9. The maximum atomic E-state index is 12.3. The van der Waals surface area contributed by atoms with Gasteiger partial charge in [-0.15, -0.1) is 0 Å². The summed E-state index contributed by atoms with van der Waals surface area (Å²) in [5.41, 5.74) is 0.596. The Balaban J connectivity index is 2.04. The molecule has 2 amide bonds. The number of urea groups is 1. The molecule has 1 aromatic rings. The Morgan fingerprint density at radius 3 is 2.77 bits per heavy atom. The number of piperidine rings is 1. The molecule has 0 bridgehead atoms. The summed E-state index contributed by atoms with van der Waals surface area (Å²) in [4.78, 5) is 25.0. The lowest BCUT2D eigenvalue weighted by atomic mass is 9.99. The van der Waals surface area contributed by atoms with Gasteiger partial charge < -0.3 is 20.1 Å². The molecule has 120 valence electrons. The highest BCUT2D eigenvalue weighted by molar-refractivity contribution is 5.91. The number of anilines is 1. The van der Waals surface area contributed by atoms with Crippen molar-refractivity contribution in [3.05, 3.63) is 24.3 Å². The molecule has 0 radical (unpaired) electrons. The summed E-state index contributed by atoms with van der Waals surface area (Å²) in [6, 6.07) is 6.94. The van der Waals surface area contributed by atoms with Crippen molar-refractivity contribution in [2.24, 2.45) is 5.92 Å². The number of nitrogens with zero attached hydrogens (tertiary/aromatic N) is 1. The van der Waals surface area contributed by atoms with Crippen molar-refractivity contribution in [3.63, 3.8) is 0 Å². The zero-order chi connectivity index (χ0) is 16.1. The average molecular weight is 306 g/mol. The minimum absolute atomic E-state index is 0.00410. The lowest BCUT2D eigenvalue weighted by molar-refractivity contribution is -0.143. The van der Waals surface area contributed by atoms with Crippen molar-refractivity contribution < 1.29 is 19.4 Å². The Kier molecular flexibility index (Phi) is 5.25. The molecule has 1 aliphatic rings. The first-order chi connectivity index (χ1) is 10.5. The highest BCUT2D eigenvalue weighted by Gasteiger charge is 2.28. The number of hydrogen-bond donors (Lipinski definition) is 2. The quantitative estimate of drug-likeness (QED) is 0.896. The fraction of sp³-hybridized carbons (Fsp3) is 0.500. The normalized spacial score (nSPS) is 18.1. The Labute approximate surface area is 130 Å². The summed E-state index contributed by atoms with van der Waals surface area (Å²) >= 11 is 0. The van der Waals surface area contributed by atoms with E-state index < -0.39 is 11.9 Å². The molecule has 1 heterocycles. The largest absolute Gasteiger partial charge is 0.489 e. The van der Waals surface area contributed by atoms with E-state index in [2.05, 4.69) is 5.32 Å². The van der Waals surface area contributed by atoms with Crippen molar-refractivity contribution >= 4 is 17.7 Å². The molecular weight excluding hydrogens is 284 g/mol. The summed E-state index contributed by atoms with van der Waals surface area (Å²) in [7, 11) is 0. The van der Waals surface area contributed by atoms with Crippen LogP contribution in [-0.4, -0.2) is 41.2 Å². The highest BCUT2D eigenvalue weighted by Crippen LogP contribution is 2.26. The van der Waals surface area contributed by atoms with Gasteiger partial charge in [0.05, 0.1) is 17.7 Å². The number of amides is 2. The molecule has 6 nitrogen and oxygen atoms in total.